The maximum atomic E-state index is 12.3. The minimum absolute atomic E-state index is 0.121. The molecule has 0 aliphatic rings. The summed E-state index contributed by atoms with van der Waals surface area (Å²) in [6, 6.07) is 13.6. The Morgan fingerprint density at radius 1 is 0.645 bits per heavy atom. The van der Waals surface area contributed by atoms with Gasteiger partial charge in [0.1, 0.15) is 0 Å². The fraction of sp³-hybridized carbons (Fsp3) is 0.304. The Morgan fingerprint density at radius 3 is 1.35 bits per heavy atom. The minimum atomic E-state index is -0.282. The first-order valence-electron chi connectivity index (χ1n) is 9.91. The van der Waals surface area contributed by atoms with Crippen LogP contribution in [0.2, 0.25) is 0 Å². The Morgan fingerprint density at radius 2 is 1.00 bits per heavy atom. The molecule has 0 spiro atoms. The molecule has 2 aromatic carbocycles. The molecule has 0 radical (unpaired) electrons. The lowest BCUT2D eigenvalue weighted by molar-refractivity contribution is -0.117. The van der Waals surface area contributed by atoms with Gasteiger partial charge < -0.3 is 20.4 Å². The number of nitrogens with zero attached hydrogens (tertiary/aromatic N) is 2. The summed E-state index contributed by atoms with van der Waals surface area (Å²) in [6.45, 7) is 0. The second-order valence-electron chi connectivity index (χ2n) is 7.44. The molecular formula is C23H28N4O4. The number of amides is 4. The smallest absolute Gasteiger partial charge is 0.255 e. The van der Waals surface area contributed by atoms with Crippen molar-refractivity contribution in [3.05, 3.63) is 59.7 Å². The van der Waals surface area contributed by atoms with Crippen LogP contribution in [-0.2, 0) is 9.59 Å². The molecule has 0 atom stereocenters. The zero-order valence-corrected chi connectivity index (χ0v) is 18.3. The number of benzene rings is 2. The van der Waals surface area contributed by atoms with Crippen LogP contribution >= 0.6 is 0 Å². The van der Waals surface area contributed by atoms with Crippen molar-refractivity contribution in [1.29, 1.82) is 0 Å². The summed E-state index contributed by atoms with van der Waals surface area (Å²) in [4.78, 5) is 51.9. The van der Waals surface area contributed by atoms with E-state index in [-0.39, 0.29) is 36.5 Å². The van der Waals surface area contributed by atoms with Gasteiger partial charge in [-0.1, -0.05) is 24.3 Å². The Balaban J connectivity index is 1.90. The van der Waals surface area contributed by atoms with Crippen LogP contribution in [0.3, 0.4) is 0 Å². The van der Waals surface area contributed by atoms with E-state index in [1.165, 1.54) is 9.80 Å². The first-order valence-corrected chi connectivity index (χ1v) is 9.91. The second kappa shape index (κ2) is 10.9. The Bertz CT molecular complexity index is 892. The molecule has 8 heteroatoms. The molecule has 2 rings (SSSR count). The van der Waals surface area contributed by atoms with Crippen molar-refractivity contribution in [3.8, 4) is 0 Å². The van der Waals surface area contributed by atoms with E-state index in [1.807, 2.05) is 0 Å². The zero-order valence-electron chi connectivity index (χ0n) is 18.3. The summed E-state index contributed by atoms with van der Waals surface area (Å²) < 4.78 is 0. The van der Waals surface area contributed by atoms with Crippen molar-refractivity contribution in [3.63, 3.8) is 0 Å². The number of hydrogen-bond acceptors (Lipinski definition) is 4. The molecule has 0 fully saturated rings. The van der Waals surface area contributed by atoms with E-state index >= 15 is 0 Å². The van der Waals surface area contributed by atoms with Crippen LogP contribution in [0.1, 0.15) is 40.0 Å². The van der Waals surface area contributed by atoms with Crippen molar-refractivity contribution in [2.24, 2.45) is 0 Å². The number of rotatable bonds is 8. The van der Waals surface area contributed by atoms with Crippen LogP contribution < -0.4 is 10.6 Å². The predicted molar refractivity (Wildman–Crippen MR) is 120 cm³/mol. The molecule has 4 amide bonds. The van der Waals surface area contributed by atoms with Gasteiger partial charge >= 0.3 is 0 Å². The summed E-state index contributed by atoms with van der Waals surface area (Å²) in [5.74, 6) is -0.979. The third-order valence-corrected chi connectivity index (χ3v) is 4.48. The summed E-state index contributed by atoms with van der Waals surface area (Å²) >= 11 is 0. The molecule has 164 valence electrons. The van der Waals surface area contributed by atoms with E-state index in [0.717, 1.165) is 0 Å². The highest BCUT2D eigenvalue weighted by Crippen LogP contribution is 2.18. The minimum Gasteiger partial charge on any atom is -0.345 e. The average Bonchev–Trinajstić information content (AvgIpc) is 2.73. The molecule has 0 saturated carbocycles. The largest absolute Gasteiger partial charge is 0.345 e. The summed E-state index contributed by atoms with van der Waals surface area (Å²) in [5, 5.41) is 5.48. The summed E-state index contributed by atoms with van der Waals surface area (Å²) in [6.07, 6.45) is 0.567. The van der Waals surface area contributed by atoms with Crippen molar-refractivity contribution in [2.75, 3.05) is 38.8 Å². The standard InChI is InChI=1S/C23H28N4O4/c1-26(2)22(30)16-10-5-7-12-18(16)24-20(28)14-9-15-21(29)25-19-13-8-6-11-17(19)23(31)27(3)4/h5-8,10-13H,9,14-15H2,1-4H3,(H,24,28)(H,25,29). The molecule has 0 saturated heterocycles. The van der Waals surface area contributed by atoms with Crippen LogP contribution in [0.25, 0.3) is 0 Å². The van der Waals surface area contributed by atoms with Gasteiger partial charge in [-0.25, -0.2) is 0 Å². The molecular weight excluding hydrogens is 396 g/mol. The maximum Gasteiger partial charge on any atom is 0.255 e. The average molecular weight is 425 g/mol. The first kappa shape index (κ1) is 23.6. The number of carbonyl (C=O) groups is 4. The van der Waals surface area contributed by atoms with Crippen LogP contribution in [-0.4, -0.2) is 61.6 Å². The van der Waals surface area contributed by atoms with Gasteiger partial charge in [0.25, 0.3) is 11.8 Å². The van der Waals surface area contributed by atoms with E-state index < -0.39 is 0 Å². The number of anilines is 2. The fourth-order valence-corrected chi connectivity index (χ4v) is 2.87. The van der Waals surface area contributed by atoms with Gasteiger partial charge in [-0.05, 0) is 30.7 Å². The molecule has 0 bridgehead atoms. The predicted octanol–water partition coefficient (Wildman–Crippen LogP) is 2.84. The molecule has 0 heterocycles. The van der Waals surface area contributed by atoms with E-state index in [1.54, 1.807) is 76.7 Å². The Hall–Kier alpha value is -3.68. The highest BCUT2D eigenvalue weighted by atomic mass is 16.2. The van der Waals surface area contributed by atoms with Crippen LogP contribution in [0, 0.1) is 0 Å². The number of nitrogens with one attached hydrogen (secondary N) is 2. The van der Waals surface area contributed by atoms with Crippen molar-refractivity contribution < 1.29 is 19.2 Å². The zero-order chi connectivity index (χ0) is 23.0. The van der Waals surface area contributed by atoms with Crippen molar-refractivity contribution in [1.82, 2.24) is 9.80 Å². The molecule has 31 heavy (non-hydrogen) atoms. The third kappa shape index (κ3) is 6.67. The monoisotopic (exact) mass is 424 g/mol. The molecule has 0 aliphatic heterocycles. The van der Waals surface area contributed by atoms with E-state index in [2.05, 4.69) is 10.6 Å². The molecule has 2 N–H and O–H groups in total. The van der Waals surface area contributed by atoms with E-state index in [9.17, 15) is 19.2 Å². The van der Waals surface area contributed by atoms with E-state index in [4.69, 9.17) is 0 Å². The third-order valence-electron chi connectivity index (χ3n) is 4.48. The Labute approximate surface area is 182 Å². The Kier molecular flexibility index (Phi) is 8.31. The van der Waals surface area contributed by atoms with Gasteiger partial charge in [0.05, 0.1) is 22.5 Å². The molecule has 0 unspecified atom stereocenters. The highest BCUT2D eigenvalue weighted by Gasteiger charge is 2.16. The van der Waals surface area contributed by atoms with Crippen LogP contribution in [0.5, 0.6) is 0 Å². The van der Waals surface area contributed by atoms with Crippen molar-refractivity contribution >= 4 is 35.0 Å². The van der Waals surface area contributed by atoms with Gasteiger partial charge in [0.15, 0.2) is 0 Å². The van der Waals surface area contributed by atoms with Gasteiger partial charge in [-0.3, -0.25) is 19.2 Å². The quantitative estimate of drug-likeness (QED) is 0.681. The molecule has 0 aliphatic carbocycles. The SMILES string of the molecule is CN(C)C(=O)c1ccccc1NC(=O)CCCC(=O)Nc1ccccc1C(=O)N(C)C. The lowest BCUT2D eigenvalue weighted by atomic mass is 10.1. The van der Waals surface area contributed by atoms with Gasteiger partial charge in [-0.2, -0.15) is 0 Å². The second-order valence-corrected chi connectivity index (χ2v) is 7.44. The number of para-hydroxylation sites is 2. The number of hydrogen-bond donors (Lipinski definition) is 2. The fourth-order valence-electron chi connectivity index (χ4n) is 2.87. The normalized spacial score (nSPS) is 10.2. The number of carbonyl (C=O) groups excluding carboxylic acids is 4. The van der Waals surface area contributed by atoms with Gasteiger partial charge in [0, 0.05) is 41.0 Å². The first-order chi connectivity index (χ1) is 14.7. The topological polar surface area (TPSA) is 98.8 Å². The lowest BCUT2D eigenvalue weighted by Crippen LogP contribution is -2.24. The van der Waals surface area contributed by atoms with E-state index in [0.29, 0.717) is 28.9 Å². The molecule has 8 nitrogen and oxygen atoms in total. The van der Waals surface area contributed by atoms with Crippen LogP contribution in [0.15, 0.2) is 48.5 Å². The van der Waals surface area contributed by atoms with Crippen molar-refractivity contribution in [2.45, 2.75) is 19.3 Å². The van der Waals surface area contributed by atoms with Gasteiger partial charge in [0.2, 0.25) is 11.8 Å². The summed E-state index contributed by atoms with van der Waals surface area (Å²) in [7, 11) is 6.57. The molecule has 0 aromatic heterocycles. The lowest BCUT2D eigenvalue weighted by Gasteiger charge is -2.15. The van der Waals surface area contributed by atoms with Gasteiger partial charge in [-0.15, -0.1) is 0 Å². The maximum absolute atomic E-state index is 12.3. The van der Waals surface area contributed by atoms with Crippen LogP contribution in [0.4, 0.5) is 11.4 Å². The summed E-state index contributed by atoms with van der Waals surface area (Å²) in [5.41, 5.74) is 1.68. The molecule has 2 aromatic rings. The highest BCUT2D eigenvalue weighted by molar-refractivity contribution is 6.04.